The molecule has 164 valence electrons. The summed E-state index contributed by atoms with van der Waals surface area (Å²) in [6.45, 7) is 0. The van der Waals surface area contributed by atoms with Crippen molar-refractivity contribution in [2.75, 3.05) is 0 Å². The molecule has 0 saturated heterocycles. The first kappa shape index (κ1) is 18.6. The van der Waals surface area contributed by atoms with Crippen molar-refractivity contribution in [3.05, 3.63) is 108 Å². The lowest BCUT2D eigenvalue weighted by atomic mass is 10.2. The Labute approximate surface area is 199 Å². The van der Waals surface area contributed by atoms with Gasteiger partial charge in [0.2, 0.25) is 0 Å². The lowest BCUT2D eigenvalue weighted by Gasteiger charge is -2.12. The van der Waals surface area contributed by atoms with Crippen LogP contribution in [0.15, 0.2) is 102 Å². The molecule has 1 aliphatic heterocycles. The molecule has 7 aromatic rings. The molecule has 5 aromatic heterocycles. The van der Waals surface area contributed by atoms with Crippen molar-refractivity contribution < 1.29 is 0 Å². The topological polar surface area (TPSA) is 60.9 Å². The minimum absolute atomic E-state index is 0.163. The molecule has 2 aromatic carbocycles. The van der Waals surface area contributed by atoms with Crippen LogP contribution in [0.2, 0.25) is 0 Å². The lowest BCUT2D eigenvalue weighted by Crippen LogP contribution is -2.19. The molecule has 8 rings (SSSR count). The zero-order valence-electron chi connectivity index (χ0n) is 18.6. The number of hydrogen-bond donors (Lipinski definition) is 0. The maximum absolute atomic E-state index is 5.20. The molecular formula is C29H18N6. The molecule has 0 radical (unpaired) electrons. The Bertz CT molecular complexity index is 2030. The molecule has 0 aliphatic carbocycles. The van der Waals surface area contributed by atoms with E-state index in [0.29, 0.717) is 0 Å². The fourth-order valence-electron chi connectivity index (χ4n) is 5.35. The van der Waals surface area contributed by atoms with E-state index in [9.17, 15) is 0 Å². The highest BCUT2D eigenvalue weighted by molar-refractivity contribution is 6.12. The monoisotopic (exact) mass is 450 g/mol. The molecule has 35 heavy (non-hydrogen) atoms. The first-order chi connectivity index (χ1) is 17.4. The van der Waals surface area contributed by atoms with Crippen LogP contribution in [0.4, 0.5) is 0 Å². The van der Waals surface area contributed by atoms with Gasteiger partial charge in [0.05, 0.1) is 27.4 Å². The Morgan fingerprint density at radius 1 is 0.600 bits per heavy atom. The van der Waals surface area contributed by atoms with Crippen molar-refractivity contribution in [2.24, 2.45) is 4.99 Å². The Morgan fingerprint density at radius 3 is 2.14 bits per heavy atom. The van der Waals surface area contributed by atoms with E-state index in [2.05, 4.69) is 75.9 Å². The van der Waals surface area contributed by atoms with Gasteiger partial charge in [0.1, 0.15) is 28.2 Å². The number of hydrogen-bond acceptors (Lipinski definition) is 4. The second-order valence-electron chi connectivity index (χ2n) is 8.78. The second kappa shape index (κ2) is 6.84. The summed E-state index contributed by atoms with van der Waals surface area (Å²) in [6.07, 6.45) is 5.70. The molecule has 6 heterocycles. The summed E-state index contributed by atoms with van der Waals surface area (Å²) in [7, 11) is 0. The number of para-hydroxylation sites is 2. The fraction of sp³-hybridized carbons (Fsp3) is 0.0345. The average Bonchev–Trinajstić information content (AvgIpc) is 3.57. The number of pyridine rings is 3. The van der Waals surface area contributed by atoms with E-state index in [4.69, 9.17) is 19.9 Å². The van der Waals surface area contributed by atoms with Crippen molar-refractivity contribution in [1.29, 1.82) is 0 Å². The first-order valence-corrected chi connectivity index (χ1v) is 11.6. The quantitative estimate of drug-likeness (QED) is 0.384. The summed E-state index contributed by atoms with van der Waals surface area (Å²) in [4.78, 5) is 19.7. The third kappa shape index (κ3) is 2.53. The summed E-state index contributed by atoms with van der Waals surface area (Å²) in [5, 5.41) is 2.15. The van der Waals surface area contributed by atoms with Crippen LogP contribution >= 0.6 is 0 Å². The summed E-state index contributed by atoms with van der Waals surface area (Å²) in [5.41, 5.74) is 8.64. The van der Waals surface area contributed by atoms with Crippen LogP contribution in [0.25, 0.3) is 55.9 Å². The SMILES string of the molecule is C1=c2ccccc2=NC1n1c2cccnc2c2nc3c4ncccc4n(-c4ccccc4)c3cc21. The fourth-order valence-corrected chi connectivity index (χ4v) is 5.35. The number of nitrogens with zero attached hydrogens (tertiary/aromatic N) is 6. The largest absolute Gasteiger partial charge is 0.311 e. The van der Waals surface area contributed by atoms with Gasteiger partial charge < -0.3 is 9.13 Å². The molecule has 0 saturated carbocycles. The molecular weight excluding hydrogens is 432 g/mol. The molecule has 6 heteroatoms. The van der Waals surface area contributed by atoms with Gasteiger partial charge in [0, 0.05) is 18.1 Å². The highest BCUT2D eigenvalue weighted by Gasteiger charge is 2.23. The lowest BCUT2D eigenvalue weighted by molar-refractivity contribution is 0.706. The number of rotatable bonds is 2. The predicted molar refractivity (Wildman–Crippen MR) is 138 cm³/mol. The summed E-state index contributed by atoms with van der Waals surface area (Å²) in [5.74, 6) is 0. The van der Waals surface area contributed by atoms with Gasteiger partial charge in [-0.15, -0.1) is 0 Å². The molecule has 0 N–H and O–H groups in total. The third-order valence-corrected chi connectivity index (χ3v) is 6.82. The van der Waals surface area contributed by atoms with Crippen LogP contribution in [0.3, 0.4) is 0 Å². The molecule has 0 spiro atoms. The third-order valence-electron chi connectivity index (χ3n) is 6.82. The second-order valence-corrected chi connectivity index (χ2v) is 8.78. The van der Waals surface area contributed by atoms with Gasteiger partial charge in [-0.2, -0.15) is 0 Å². The van der Waals surface area contributed by atoms with Gasteiger partial charge >= 0.3 is 0 Å². The van der Waals surface area contributed by atoms with E-state index in [-0.39, 0.29) is 6.17 Å². The van der Waals surface area contributed by atoms with Gasteiger partial charge in [-0.05, 0) is 59.8 Å². The Morgan fingerprint density at radius 2 is 1.31 bits per heavy atom. The summed E-state index contributed by atoms with van der Waals surface area (Å²) >= 11 is 0. The highest BCUT2D eigenvalue weighted by Crippen LogP contribution is 2.36. The smallest absolute Gasteiger partial charge is 0.146 e. The van der Waals surface area contributed by atoms with Crippen LogP contribution in [0.5, 0.6) is 0 Å². The minimum atomic E-state index is -0.163. The number of fused-ring (bicyclic) bond motifs is 7. The van der Waals surface area contributed by atoms with Gasteiger partial charge in [0.25, 0.3) is 0 Å². The molecule has 0 fully saturated rings. The zero-order valence-corrected chi connectivity index (χ0v) is 18.6. The normalized spacial score (nSPS) is 15.0. The predicted octanol–water partition coefficient (Wildman–Crippen LogP) is 4.69. The van der Waals surface area contributed by atoms with Crippen molar-refractivity contribution >= 4 is 50.2 Å². The van der Waals surface area contributed by atoms with E-state index < -0.39 is 0 Å². The van der Waals surface area contributed by atoms with E-state index in [1.165, 1.54) is 0 Å². The van der Waals surface area contributed by atoms with E-state index in [0.717, 1.165) is 60.4 Å². The number of benzene rings is 2. The molecule has 1 aliphatic rings. The van der Waals surface area contributed by atoms with Crippen LogP contribution in [-0.4, -0.2) is 24.1 Å². The molecule has 0 amide bonds. The van der Waals surface area contributed by atoms with Gasteiger partial charge in [0.15, 0.2) is 0 Å². The van der Waals surface area contributed by atoms with Crippen molar-refractivity contribution in [2.45, 2.75) is 6.17 Å². The minimum Gasteiger partial charge on any atom is -0.311 e. The first-order valence-electron chi connectivity index (χ1n) is 11.6. The highest BCUT2D eigenvalue weighted by atomic mass is 15.2. The van der Waals surface area contributed by atoms with E-state index in [1.54, 1.807) is 0 Å². The van der Waals surface area contributed by atoms with Crippen LogP contribution in [0.1, 0.15) is 6.17 Å². The van der Waals surface area contributed by atoms with Gasteiger partial charge in [-0.25, -0.2) is 4.98 Å². The van der Waals surface area contributed by atoms with Gasteiger partial charge in [-0.3, -0.25) is 15.0 Å². The van der Waals surface area contributed by atoms with Crippen molar-refractivity contribution in [3.8, 4) is 5.69 Å². The number of aromatic nitrogens is 5. The standard InChI is InChI=1S/C29H18N6/c1-2-9-19(10-3-1)34-21-12-6-14-30-26(21)28-23(34)17-24-29(33-28)27-22(13-7-15-31-27)35(24)25-16-18-8-4-5-11-20(18)32-25/h1-17,25H. The van der Waals surface area contributed by atoms with Gasteiger partial charge in [-0.1, -0.05) is 36.4 Å². The van der Waals surface area contributed by atoms with Crippen molar-refractivity contribution in [1.82, 2.24) is 24.1 Å². The molecule has 6 nitrogen and oxygen atoms in total. The van der Waals surface area contributed by atoms with Crippen LogP contribution in [-0.2, 0) is 0 Å². The molecule has 0 bridgehead atoms. The maximum atomic E-state index is 5.20. The molecule has 1 unspecified atom stereocenters. The van der Waals surface area contributed by atoms with E-state index in [1.807, 2.05) is 36.7 Å². The van der Waals surface area contributed by atoms with E-state index >= 15 is 0 Å². The summed E-state index contributed by atoms with van der Waals surface area (Å²) < 4.78 is 4.49. The zero-order chi connectivity index (χ0) is 22.9. The Balaban J connectivity index is 1.54. The maximum Gasteiger partial charge on any atom is 0.146 e. The Hall–Kier alpha value is -4.84. The average molecular weight is 451 g/mol. The molecule has 1 atom stereocenters. The van der Waals surface area contributed by atoms with Crippen LogP contribution in [0, 0.1) is 0 Å². The van der Waals surface area contributed by atoms with Crippen molar-refractivity contribution in [3.63, 3.8) is 0 Å². The summed E-state index contributed by atoms with van der Waals surface area (Å²) in [6, 6.07) is 29.0. The Kier molecular flexibility index (Phi) is 3.63. The van der Waals surface area contributed by atoms with Crippen LogP contribution < -0.4 is 10.6 Å².